The lowest BCUT2D eigenvalue weighted by Crippen LogP contribution is -2.19. The van der Waals surface area contributed by atoms with Crippen LogP contribution in [-0.2, 0) is 6.42 Å². The molecule has 2 nitrogen and oxygen atoms in total. The number of methoxy groups -OCH3 is 1. The quantitative estimate of drug-likeness (QED) is 0.878. The van der Waals surface area contributed by atoms with Gasteiger partial charge < -0.3 is 10.5 Å². The fourth-order valence-corrected chi connectivity index (χ4v) is 1.97. The molecule has 0 aliphatic carbocycles. The van der Waals surface area contributed by atoms with Crippen molar-refractivity contribution in [2.75, 3.05) is 7.11 Å². The van der Waals surface area contributed by atoms with Crippen molar-refractivity contribution < 1.29 is 4.74 Å². The third kappa shape index (κ3) is 3.55. The van der Waals surface area contributed by atoms with Crippen LogP contribution in [0.3, 0.4) is 0 Å². The van der Waals surface area contributed by atoms with Crippen LogP contribution in [-0.4, -0.2) is 13.2 Å². The van der Waals surface area contributed by atoms with E-state index < -0.39 is 0 Å². The SMILES string of the molecule is CCC(N)CCc1cc(Cl)c(OC)cc1Cl. The number of rotatable bonds is 5. The maximum atomic E-state index is 6.13. The van der Waals surface area contributed by atoms with Crippen LogP contribution in [0.2, 0.25) is 10.0 Å². The minimum atomic E-state index is 0.219. The summed E-state index contributed by atoms with van der Waals surface area (Å²) < 4.78 is 5.09. The molecule has 1 aromatic carbocycles. The highest BCUT2D eigenvalue weighted by Crippen LogP contribution is 2.31. The Balaban J connectivity index is 2.77. The Bertz CT molecular complexity index is 355. The van der Waals surface area contributed by atoms with Crippen molar-refractivity contribution in [2.45, 2.75) is 32.2 Å². The van der Waals surface area contributed by atoms with Gasteiger partial charge in [-0.25, -0.2) is 0 Å². The predicted molar refractivity (Wildman–Crippen MR) is 69.6 cm³/mol. The fourth-order valence-electron chi connectivity index (χ4n) is 1.46. The summed E-state index contributed by atoms with van der Waals surface area (Å²) in [6.45, 7) is 2.08. The Hall–Kier alpha value is -0.440. The standard InChI is InChI=1S/C12H17Cl2NO/c1-3-9(15)5-4-8-6-11(14)12(16-2)7-10(8)13/h6-7,9H,3-5,15H2,1-2H3. The van der Waals surface area contributed by atoms with Gasteiger partial charge in [0.15, 0.2) is 0 Å². The van der Waals surface area contributed by atoms with Crippen molar-refractivity contribution >= 4 is 23.2 Å². The van der Waals surface area contributed by atoms with E-state index in [-0.39, 0.29) is 6.04 Å². The maximum absolute atomic E-state index is 6.13. The van der Waals surface area contributed by atoms with Crippen LogP contribution in [0.4, 0.5) is 0 Å². The van der Waals surface area contributed by atoms with E-state index in [9.17, 15) is 0 Å². The van der Waals surface area contributed by atoms with Gasteiger partial charge in [-0.15, -0.1) is 0 Å². The number of hydrogen-bond donors (Lipinski definition) is 1. The number of nitrogens with two attached hydrogens (primary N) is 1. The molecule has 1 aromatic rings. The van der Waals surface area contributed by atoms with Crippen LogP contribution < -0.4 is 10.5 Å². The number of halogens is 2. The normalized spacial score (nSPS) is 12.6. The molecule has 0 fully saturated rings. The molecule has 0 aromatic heterocycles. The molecule has 4 heteroatoms. The van der Waals surface area contributed by atoms with Gasteiger partial charge in [0.05, 0.1) is 12.1 Å². The molecule has 0 aliphatic heterocycles. The van der Waals surface area contributed by atoms with Crippen molar-refractivity contribution in [1.82, 2.24) is 0 Å². The van der Waals surface area contributed by atoms with Crippen LogP contribution in [0, 0.1) is 0 Å². The van der Waals surface area contributed by atoms with E-state index in [1.807, 2.05) is 6.07 Å². The molecule has 0 saturated carbocycles. The summed E-state index contributed by atoms with van der Waals surface area (Å²) in [6.07, 6.45) is 2.73. The van der Waals surface area contributed by atoms with Crippen LogP contribution in [0.25, 0.3) is 0 Å². The molecular weight excluding hydrogens is 245 g/mol. The highest BCUT2D eigenvalue weighted by atomic mass is 35.5. The van der Waals surface area contributed by atoms with Gasteiger partial charge in [-0.05, 0) is 30.9 Å². The highest BCUT2D eigenvalue weighted by Gasteiger charge is 2.09. The molecule has 0 saturated heterocycles. The van der Waals surface area contributed by atoms with Crippen molar-refractivity contribution in [2.24, 2.45) is 5.73 Å². The lowest BCUT2D eigenvalue weighted by molar-refractivity contribution is 0.415. The Kier molecular flexibility index (Phi) is 5.39. The van der Waals surface area contributed by atoms with Gasteiger partial charge >= 0.3 is 0 Å². The number of ether oxygens (including phenoxy) is 1. The molecule has 1 rings (SSSR count). The molecule has 0 aliphatic rings. The van der Waals surface area contributed by atoms with Crippen LogP contribution >= 0.6 is 23.2 Å². The third-order valence-electron chi connectivity index (χ3n) is 2.63. The fraction of sp³-hybridized carbons (Fsp3) is 0.500. The zero-order valence-corrected chi connectivity index (χ0v) is 11.1. The van der Waals surface area contributed by atoms with E-state index >= 15 is 0 Å². The second kappa shape index (κ2) is 6.33. The zero-order valence-electron chi connectivity index (χ0n) is 9.59. The molecular formula is C12H17Cl2NO. The third-order valence-corrected chi connectivity index (χ3v) is 3.28. The minimum absolute atomic E-state index is 0.219. The van der Waals surface area contributed by atoms with Gasteiger partial charge in [0.25, 0.3) is 0 Å². The lowest BCUT2D eigenvalue weighted by atomic mass is 10.0. The molecule has 0 spiro atoms. The maximum Gasteiger partial charge on any atom is 0.138 e. The summed E-state index contributed by atoms with van der Waals surface area (Å²) in [4.78, 5) is 0. The molecule has 1 atom stereocenters. The summed E-state index contributed by atoms with van der Waals surface area (Å²) in [5.74, 6) is 0.607. The Morgan fingerprint density at radius 2 is 2.00 bits per heavy atom. The van der Waals surface area contributed by atoms with Gasteiger partial charge in [-0.1, -0.05) is 30.1 Å². The van der Waals surface area contributed by atoms with Gasteiger partial charge in [0.1, 0.15) is 5.75 Å². The average Bonchev–Trinajstić information content (AvgIpc) is 2.29. The summed E-state index contributed by atoms with van der Waals surface area (Å²) in [7, 11) is 1.57. The predicted octanol–water partition coefficient (Wildman–Crippen LogP) is 3.67. The van der Waals surface area contributed by atoms with Crippen LogP contribution in [0.5, 0.6) is 5.75 Å². The van der Waals surface area contributed by atoms with Gasteiger partial charge in [0.2, 0.25) is 0 Å². The van der Waals surface area contributed by atoms with E-state index in [0.717, 1.165) is 24.8 Å². The van der Waals surface area contributed by atoms with E-state index in [2.05, 4.69) is 6.92 Å². The number of benzene rings is 1. The molecule has 0 radical (unpaired) electrons. The molecule has 0 bridgehead atoms. The second-order valence-electron chi connectivity index (χ2n) is 3.79. The van der Waals surface area contributed by atoms with Crippen molar-refractivity contribution in [1.29, 1.82) is 0 Å². The topological polar surface area (TPSA) is 35.2 Å². The summed E-state index contributed by atoms with van der Waals surface area (Å²) in [5.41, 5.74) is 6.89. The highest BCUT2D eigenvalue weighted by molar-refractivity contribution is 6.34. The van der Waals surface area contributed by atoms with E-state index in [0.29, 0.717) is 15.8 Å². The molecule has 90 valence electrons. The van der Waals surface area contributed by atoms with Crippen molar-refractivity contribution in [3.8, 4) is 5.75 Å². The smallest absolute Gasteiger partial charge is 0.138 e. The van der Waals surface area contributed by atoms with Crippen LogP contribution in [0.15, 0.2) is 12.1 Å². The summed E-state index contributed by atoms with van der Waals surface area (Å²) >= 11 is 12.2. The first-order valence-corrected chi connectivity index (χ1v) is 6.11. The molecule has 2 N–H and O–H groups in total. The summed E-state index contributed by atoms with van der Waals surface area (Å²) in [5, 5.41) is 1.27. The Morgan fingerprint density at radius 3 is 2.56 bits per heavy atom. The lowest BCUT2D eigenvalue weighted by Gasteiger charge is -2.11. The van der Waals surface area contributed by atoms with E-state index in [1.54, 1.807) is 13.2 Å². The van der Waals surface area contributed by atoms with Crippen molar-refractivity contribution in [3.05, 3.63) is 27.7 Å². The first kappa shape index (κ1) is 13.6. The number of hydrogen-bond acceptors (Lipinski definition) is 2. The van der Waals surface area contributed by atoms with Crippen molar-refractivity contribution in [3.63, 3.8) is 0 Å². The van der Waals surface area contributed by atoms with Gasteiger partial charge in [-0.3, -0.25) is 0 Å². The minimum Gasteiger partial charge on any atom is -0.495 e. The summed E-state index contributed by atoms with van der Waals surface area (Å²) in [6, 6.07) is 3.82. The van der Waals surface area contributed by atoms with Crippen LogP contribution in [0.1, 0.15) is 25.3 Å². The average molecular weight is 262 g/mol. The van der Waals surface area contributed by atoms with Gasteiger partial charge in [-0.2, -0.15) is 0 Å². The Labute approximate surface area is 107 Å². The first-order chi connectivity index (χ1) is 7.58. The monoisotopic (exact) mass is 261 g/mol. The Morgan fingerprint density at radius 1 is 1.31 bits per heavy atom. The van der Waals surface area contributed by atoms with E-state index in [1.165, 1.54) is 0 Å². The molecule has 0 heterocycles. The number of aryl methyl sites for hydroxylation is 1. The first-order valence-electron chi connectivity index (χ1n) is 5.36. The molecule has 16 heavy (non-hydrogen) atoms. The molecule has 1 unspecified atom stereocenters. The largest absolute Gasteiger partial charge is 0.495 e. The van der Waals surface area contributed by atoms with Gasteiger partial charge in [0, 0.05) is 17.1 Å². The zero-order chi connectivity index (χ0) is 12.1. The second-order valence-corrected chi connectivity index (χ2v) is 4.60. The molecule has 0 amide bonds. The van der Waals surface area contributed by atoms with E-state index in [4.69, 9.17) is 33.7 Å².